The van der Waals surface area contributed by atoms with Crippen molar-refractivity contribution in [3.63, 3.8) is 0 Å². The molecule has 0 amide bonds. The third-order valence-electron chi connectivity index (χ3n) is 3.91. The van der Waals surface area contributed by atoms with E-state index in [0.29, 0.717) is 0 Å². The Morgan fingerprint density at radius 2 is 1.90 bits per heavy atom. The first-order valence-corrected chi connectivity index (χ1v) is 7.49. The molecule has 2 rings (SSSR count). The molecule has 2 N–H and O–H groups in total. The molecule has 0 aliphatic carbocycles. The summed E-state index contributed by atoms with van der Waals surface area (Å²) in [5.41, 5.74) is 0.570. The van der Waals surface area contributed by atoms with Crippen molar-refractivity contribution < 1.29 is 5.11 Å². The van der Waals surface area contributed by atoms with Crippen LogP contribution in [0.5, 0.6) is 0 Å². The van der Waals surface area contributed by atoms with Gasteiger partial charge in [-0.25, -0.2) is 9.97 Å². The maximum atomic E-state index is 10.1. The molecule has 0 aromatic carbocycles. The van der Waals surface area contributed by atoms with Gasteiger partial charge in [-0.05, 0) is 40.0 Å². The van der Waals surface area contributed by atoms with E-state index < -0.39 is 5.60 Å². The van der Waals surface area contributed by atoms with Gasteiger partial charge < -0.3 is 15.3 Å². The van der Waals surface area contributed by atoms with Crippen molar-refractivity contribution in [2.45, 2.75) is 52.6 Å². The van der Waals surface area contributed by atoms with Gasteiger partial charge in [0.2, 0.25) is 0 Å². The molecule has 1 aromatic rings. The van der Waals surface area contributed by atoms with Crippen LogP contribution in [0, 0.1) is 13.8 Å². The Labute approximate surface area is 121 Å². The molecule has 20 heavy (non-hydrogen) atoms. The molecule has 5 heteroatoms. The summed E-state index contributed by atoms with van der Waals surface area (Å²) in [6.07, 6.45) is 2.64. The Morgan fingerprint density at radius 1 is 1.25 bits per heavy atom. The molecule has 0 atom stereocenters. The summed E-state index contributed by atoms with van der Waals surface area (Å²) in [6.45, 7) is 10.7. The summed E-state index contributed by atoms with van der Waals surface area (Å²) in [7, 11) is 0. The largest absolute Gasteiger partial charge is 0.390 e. The van der Waals surface area contributed by atoms with Gasteiger partial charge in [0.05, 0.1) is 5.60 Å². The number of rotatable bonds is 4. The standard InChI is InChI=1S/C15H26N4O/c1-5-8-16-13-11(2)14(18-12(3)17-13)19-9-6-15(4,20)7-10-19/h20H,5-10H2,1-4H3,(H,16,17,18). The minimum Gasteiger partial charge on any atom is -0.390 e. The molecule has 1 aromatic heterocycles. The Balaban J connectivity index is 2.21. The number of piperidine rings is 1. The zero-order chi connectivity index (χ0) is 14.8. The average molecular weight is 278 g/mol. The summed E-state index contributed by atoms with van der Waals surface area (Å²) in [4.78, 5) is 11.4. The van der Waals surface area contributed by atoms with E-state index in [-0.39, 0.29) is 0 Å². The molecule has 1 aliphatic heterocycles. The van der Waals surface area contributed by atoms with E-state index in [4.69, 9.17) is 0 Å². The second-order valence-corrected chi connectivity index (χ2v) is 5.98. The van der Waals surface area contributed by atoms with Gasteiger partial charge in [0, 0.05) is 25.2 Å². The smallest absolute Gasteiger partial charge is 0.137 e. The number of aromatic nitrogens is 2. The lowest BCUT2D eigenvalue weighted by Crippen LogP contribution is -2.43. The first-order valence-electron chi connectivity index (χ1n) is 7.49. The highest BCUT2D eigenvalue weighted by Crippen LogP contribution is 2.29. The van der Waals surface area contributed by atoms with Crippen molar-refractivity contribution in [1.29, 1.82) is 0 Å². The van der Waals surface area contributed by atoms with E-state index in [1.807, 2.05) is 13.8 Å². The number of anilines is 2. The van der Waals surface area contributed by atoms with Crippen molar-refractivity contribution in [3.8, 4) is 0 Å². The van der Waals surface area contributed by atoms with Crippen LogP contribution in [0.4, 0.5) is 11.6 Å². The highest BCUT2D eigenvalue weighted by Gasteiger charge is 2.29. The molecule has 0 radical (unpaired) electrons. The van der Waals surface area contributed by atoms with Crippen LogP contribution in [0.2, 0.25) is 0 Å². The first kappa shape index (κ1) is 15.0. The molecule has 1 saturated heterocycles. The van der Waals surface area contributed by atoms with Crippen molar-refractivity contribution in [1.82, 2.24) is 9.97 Å². The third kappa shape index (κ3) is 3.39. The van der Waals surface area contributed by atoms with E-state index >= 15 is 0 Å². The Hall–Kier alpha value is -1.36. The average Bonchev–Trinajstić information content (AvgIpc) is 2.39. The van der Waals surface area contributed by atoms with E-state index in [2.05, 4.69) is 34.0 Å². The van der Waals surface area contributed by atoms with Crippen LogP contribution in [-0.4, -0.2) is 40.3 Å². The second-order valence-electron chi connectivity index (χ2n) is 5.98. The highest BCUT2D eigenvalue weighted by atomic mass is 16.3. The Bertz CT molecular complexity index is 463. The lowest BCUT2D eigenvalue weighted by Gasteiger charge is -2.37. The van der Waals surface area contributed by atoms with Crippen LogP contribution in [0.3, 0.4) is 0 Å². The molecular formula is C15H26N4O. The second kappa shape index (κ2) is 5.95. The van der Waals surface area contributed by atoms with Crippen LogP contribution in [0.1, 0.15) is 44.5 Å². The number of hydrogen-bond donors (Lipinski definition) is 2. The lowest BCUT2D eigenvalue weighted by atomic mass is 9.94. The summed E-state index contributed by atoms with van der Waals surface area (Å²) in [6, 6.07) is 0. The van der Waals surface area contributed by atoms with Crippen LogP contribution < -0.4 is 10.2 Å². The fraction of sp³-hybridized carbons (Fsp3) is 0.733. The minimum atomic E-state index is -0.532. The minimum absolute atomic E-state index is 0.532. The summed E-state index contributed by atoms with van der Waals surface area (Å²) >= 11 is 0. The predicted octanol–water partition coefficient (Wildman–Crippen LogP) is 2.27. The zero-order valence-electron chi connectivity index (χ0n) is 13.0. The summed E-state index contributed by atoms with van der Waals surface area (Å²) < 4.78 is 0. The zero-order valence-corrected chi connectivity index (χ0v) is 13.0. The number of nitrogens with zero attached hydrogens (tertiary/aromatic N) is 3. The molecule has 0 spiro atoms. The van der Waals surface area contributed by atoms with Crippen LogP contribution in [0.25, 0.3) is 0 Å². The van der Waals surface area contributed by atoms with E-state index in [1.165, 1.54) is 0 Å². The number of aliphatic hydroxyl groups is 1. The van der Waals surface area contributed by atoms with Crippen molar-refractivity contribution >= 4 is 11.6 Å². The molecule has 2 heterocycles. The predicted molar refractivity (Wildman–Crippen MR) is 82.4 cm³/mol. The van der Waals surface area contributed by atoms with E-state index in [1.54, 1.807) is 0 Å². The monoisotopic (exact) mass is 278 g/mol. The fourth-order valence-electron chi connectivity index (χ4n) is 2.54. The maximum absolute atomic E-state index is 10.1. The van der Waals surface area contributed by atoms with Crippen molar-refractivity contribution in [2.24, 2.45) is 0 Å². The lowest BCUT2D eigenvalue weighted by molar-refractivity contribution is 0.0350. The van der Waals surface area contributed by atoms with Gasteiger partial charge in [-0.3, -0.25) is 0 Å². The fourth-order valence-corrected chi connectivity index (χ4v) is 2.54. The SMILES string of the molecule is CCCNc1nc(C)nc(N2CCC(C)(O)CC2)c1C. The Morgan fingerprint density at radius 3 is 2.50 bits per heavy atom. The van der Waals surface area contributed by atoms with Crippen LogP contribution in [0.15, 0.2) is 0 Å². The van der Waals surface area contributed by atoms with Gasteiger partial charge in [-0.1, -0.05) is 6.92 Å². The highest BCUT2D eigenvalue weighted by molar-refractivity contribution is 5.58. The van der Waals surface area contributed by atoms with Gasteiger partial charge in [-0.2, -0.15) is 0 Å². The molecule has 1 fully saturated rings. The van der Waals surface area contributed by atoms with E-state index in [0.717, 1.165) is 61.9 Å². The third-order valence-corrected chi connectivity index (χ3v) is 3.91. The van der Waals surface area contributed by atoms with Gasteiger partial charge in [0.1, 0.15) is 17.5 Å². The molecule has 112 valence electrons. The molecule has 0 bridgehead atoms. The van der Waals surface area contributed by atoms with Gasteiger partial charge >= 0.3 is 0 Å². The first-order chi connectivity index (χ1) is 9.43. The van der Waals surface area contributed by atoms with Crippen molar-refractivity contribution in [2.75, 3.05) is 29.9 Å². The molecule has 0 unspecified atom stereocenters. The topological polar surface area (TPSA) is 61.3 Å². The van der Waals surface area contributed by atoms with Gasteiger partial charge in [-0.15, -0.1) is 0 Å². The van der Waals surface area contributed by atoms with E-state index in [9.17, 15) is 5.11 Å². The Kier molecular flexibility index (Phi) is 4.48. The van der Waals surface area contributed by atoms with Gasteiger partial charge in [0.15, 0.2) is 0 Å². The summed E-state index contributed by atoms with van der Waals surface area (Å²) in [5.74, 6) is 2.74. The van der Waals surface area contributed by atoms with Crippen LogP contribution >= 0.6 is 0 Å². The number of hydrogen-bond acceptors (Lipinski definition) is 5. The molecular weight excluding hydrogens is 252 g/mol. The van der Waals surface area contributed by atoms with Crippen molar-refractivity contribution in [3.05, 3.63) is 11.4 Å². The maximum Gasteiger partial charge on any atom is 0.137 e. The normalized spacial score (nSPS) is 18.1. The summed E-state index contributed by atoms with van der Waals surface area (Å²) in [5, 5.41) is 13.4. The molecule has 0 saturated carbocycles. The number of aryl methyl sites for hydroxylation is 1. The molecule has 1 aliphatic rings. The number of nitrogens with one attached hydrogen (secondary N) is 1. The van der Waals surface area contributed by atoms with Crippen LogP contribution in [-0.2, 0) is 0 Å². The quantitative estimate of drug-likeness (QED) is 0.884. The molecule has 5 nitrogen and oxygen atoms in total. The van der Waals surface area contributed by atoms with Gasteiger partial charge in [0.25, 0.3) is 0 Å².